The molecule has 3 nitrogen and oxygen atoms in total. The minimum atomic E-state index is 0.590. The summed E-state index contributed by atoms with van der Waals surface area (Å²) in [6, 6.07) is 25.2. The van der Waals surface area contributed by atoms with E-state index in [2.05, 4.69) is 71.4 Å². The average molecular weight is 428 g/mol. The molecule has 4 aromatic rings. The Morgan fingerprint density at radius 2 is 1.83 bits per heavy atom. The number of benzene rings is 2. The molecule has 0 amide bonds. The van der Waals surface area contributed by atoms with Crippen LogP contribution in [0.25, 0.3) is 22.2 Å². The fraction of sp³-hybridized carbons (Fsp3) is 0.120. The smallest absolute Gasteiger partial charge is 0.134 e. The number of hydrogen-bond acceptors (Lipinski definition) is 5. The van der Waals surface area contributed by atoms with Crippen molar-refractivity contribution in [1.82, 2.24) is 4.98 Å². The molecule has 0 aliphatic heterocycles. The van der Waals surface area contributed by atoms with E-state index in [1.807, 2.05) is 35.0 Å². The van der Waals surface area contributed by atoms with E-state index in [1.165, 1.54) is 22.6 Å². The molecule has 148 valence electrons. The third-order valence-corrected chi connectivity index (χ3v) is 6.56. The Kier molecular flexibility index (Phi) is 6.38. The predicted molar refractivity (Wildman–Crippen MR) is 129 cm³/mol. The molecule has 2 aromatic heterocycles. The highest BCUT2D eigenvalue weighted by molar-refractivity contribution is 7.14. The molecule has 0 aliphatic rings. The van der Waals surface area contributed by atoms with E-state index >= 15 is 0 Å². The van der Waals surface area contributed by atoms with Crippen molar-refractivity contribution in [1.29, 1.82) is 5.26 Å². The molecule has 0 saturated carbocycles. The van der Waals surface area contributed by atoms with Gasteiger partial charge in [-0.05, 0) is 47.7 Å². The van der Waals surface area contributed by atoms with E-state index in [0.717, 1.165) is 34.2 Å². The Labute approximate surface area is 185 Å². The summed E-state index contributed by atoms with van der Waals surface area (Å²) in [7, 11) is 0. The summed E-state index contributed by atoms with van der Waals surface area (Å²) in [4.78, 5) is 8.11. The second-order valence-corrected chi connectivity index (χ2v) is 8.58. The Balaban J connectivity index is 1.52. The molecule has 4 rings (SSSR count). The third kappa shape index (κ3) is 4.68. The summed E-state index contributed by atoms with van der Waals surface area (Å²) in [5.74, 6) is 0. The van der Waals surface area contributed by atoms with Crippen LogP contribution in [0.4, 0.5) is 5.69 Å². The number of nitriles is 1. The van der Waals surface area contributed by atoms with Gasteiger partial charge in [-0.15, -0.1) is 22.7 Å². The number of aromatic nitrogens is 1. The van der Waals surface area contributed by atoms with Gasteiger partial charge in [0, 0.05) is 24.2 Å². The van der Waals surface area contributed by atoms with Gasteiger partial charge in [-0.2, -0.15) is 5.26 Å². The molecule has 0 fully saturated rings. The number of thiazole rings is 1. The normalized spacial score (nSPS) is 11.3. The van der Waals surface area contributed by atoms with Gasteiger partial charge in [-0.25, -0.2) is 4.98 Å². The molecule has 0 N–H and O–H groups in total. The minimum Gasteiger partial charge on any atom is -0.367 e. The van der Waals surface area contributed by atoms with E-state index in [9.17, 15) is 5.26 Å². The monoisotopic (exact) mass is 427 g/mol. The highest BCUT2D eigenvalue weighted by Crippen LogP contribution is 2.30. The van der Waals surface area contributed by atoms with Crippen molar-refractivity contribution < 1.29 is 0 Å². The maximum Gasteiger partial charge on any atom is 0.134 e. The fourth-order valence-electron chi connectivity index (χ4n) is 3.21. The van der Waals surface area contributed by atoms with Gasteiger partial charge in [0.05, 0.1) is 16.1 Å². The van der Waals surface area contributed by atoms with Crippen LogP contribution in [0.15, 0.2) is 77.5 Å². The largest absolute Gasteiger partial charge is 0.367 e. The van der Waals surface area contributed by atoms with Gasteiger partial charge in [0.15, 0.2) is 0 Å². The van der Waals surface area contributed by atoms with E-state index < -0.39 is 0 Å². The van der Waals surface area contributed by atoms with Crippen LogP contribution in [0.1, 0.15) is 23.1 Å². The first-order valence-corrected chi connectivity index (χ1v) is 11.5. The van der Waals surface area contributed by atoms with E-state index in [0.29, 0.717) is 5.57 Å². The van der Waals surface area contributed by atoms with Crippen LogP contribution in [-0.4, -0.2) is 11.5 Å². The maximum absolute atomic E-state index is 9.67. The van der Waals surface area contributed by atoms with E-state index in [-0.39, 0.29) is 0 Å². The molecule has 0 radical (unpaired) electrons. The van der Waals surface area contributed by atoms with Crippen LogP contribution in [0.3, 0.4) is 0 Å². The molecule has 0 aliphatic carbocycles. The second-order valence-electron chi connectivity index (χ2n) is 6.78. The molecular weight excluding hydrogens is 406 g/mol. The van der Waals surface area contributed by atoms with Gasteiger partial charge >= 0.3 is 0 Å². The number of thiophene rings is 1. The molecule has 0 spiro atoms. The summed E-state index contributed by atoms with van der Waals surface area (Å²) in [5, 5.41) is 14.5. The lowest BCUT2D eigenvalue weighted by Crippen LogP contribution is -2.21. The van der Waals surface area contributed by atoms with Crippen molar-refractivity contribution in [2.75, 3.05) is 11.4 Å². The van der Waals surface area contributed by atoms with Crippen molar-refractivity contribution in [3.05, 3.63) is 93.6 Å². The number of hydrogen-bond donors (Lipinski definition) is 0. The van der Waals surface area contributed by atoms with Crippen molar-refractivity contribution >= 4 is 40.0 Å². The molecule has 5 heteroatoms. The molecule has 0 saturated heterocycles. The zero-order valence-electron chi connectivity index (χ0n) is 16.7. The molecule has 0 unspecified atom stereocenters. The predicted octanol–water partition coefficient (Wildman–Crippen LogP) is 6.96. The van der Waals surface area contributed by atoms with Crippen molar-refractivity contribution in [2.24, 2.45) is 0 Å². The van der Waals surface area contributed by atoms with Gasteiger partial charge in [0.25, 0.3) is 0 Å². The fourth-order valence-corrected chi connectivity index (χ4v) is 4.76. The van der Waals surface area contributed by atoms with Gasteiger partial charge in [0.1, 0.15) is 11.1 Å². The second kappa shape index (κ2) is 9.53. The molecule has 0 atom stereocenters. The van der Waals surface area contributed by atoms with Crippen molar-refractivity contribution in [2.45, 2.75) is 13.5 Å². The van der Waals surface area contributed by atoms with Gasteiger partial charge in [0.2, 0.25) is 0 Å². The first-order valence-electron chi connectivity index (χ1n) is 9.77. The van der Waals surface area contributed by atoms with Gasteiger partial charge < -0.3 is 4.90 Å². The standard InChI is InChI=1S/C25H21N3S2/c1-2-28(17-20-7-4-3-5-8-20)22-12-10-19(11-13-22)15-21(16-26)25-27-23(18-30-25)24-9-6-14-29-24/h3-15,18H,2,17H2,1H3/b21-15-. The van der Waals surface area contributed by atoms with Crippen LogP contribution in [-0.2, 0) is 6.54 Å². The van der Waals surface area contributed by atoms with Crippen molar-refractivity contribution in [3.8, 4) is 16.6 Å². The summed E-state index contributed by atoms with van der Waals surface area (Å²) >= 11 is 3.17. The van der Waals surface area contributed by atoms with Crippen LogP contribution in [0.2, 0.25) is 0 Å². The average Bonchev–Trinajstić information content (AvgIpc) is 3.49. The SMILES string of the molecule is CCN(Cc1ccccc1)c1ccc(/C=C(/C#N)c2nc(-c3cccs3)cs2)cc1. The molecule has 0 bridgehead atoms. The van der Waals surface area contributed by atoms with Crippen LogP contribution >= 0.6 is 22.7 Å². The minimum absolute atomic E-state index is 0.590. The Morgan fingerprint density at radius 1 is 1.03 bits per heavy atom. The Hall–Kier alpha value is -3.20. The first-order chi connectivity index (χ1) is 14.8. The van der Waals surface area contributed by atoms with Gasteiger partial charge in [-0.3, -0.25) is 0 Å². The quantitative estimate of drug-likeness (QED) is 0.299. The lowest BCUT2D eigenvalue weighted by atomic mass is 10.1. The van der Waals surface area contributed by atoms with Crippen molar-refractivity contribution in [3.63, 3.8) is 0 Å². The van der Waals surface area contributed by atoms with Gasteiger partial charge in [-0.1, -0.05) is 48.5 Å². The lowest BCUT2D eigenvalue weighted by molar-refractivity contribution is 0.832. The Morgan fingerprint density at radius 3 is 2.50 bits per heavy atom. The number of allylic oxidation sites excluding steroid dienone is 1. The summed E-state index contributed by atoms with van der Waals surface area (Å²) in [6.07, 6.45) is 1.91. The highest BCUT2D eigenvalue weighted by atomic mass is 32.1. The van der Waals surface area contributed by atoms with E-state index in [1.54, 1.807) is 11.3 Å². The highest BCUT2D eigenvalue weighted by Gasteiger charge is 2.10. The maximum atomic E-state index is 9.67. The van der Waals surface area contributed by atoms with Crippen LogP contribution in [0.5, 0.6) is 0 Å². The number of anilines is 1. The third-order valence-electron chi connectivity index (χ3n) is 4.80. The number of nitrogens with zero attached hydrogens (tertiary/aromatic N) is 3. The number of rotatable bonds is 7. The van der Waals surface area contributed by atoms with Crippen LogP contribution in [0, 0.1) is 11.3 Å². The topological polar surface area (TPSA) is 39.9 Å². The molecule has 2 heterocycles. The van der Waals surface area contributed by atoms with Crippen LogP contribution < -0.4 is 4.90 Å². The zero-order valence-corrected chi connectivity index (χ0v) is 18.3. The lowest BCUT2D eigenvalue weighted by Gasteiger charge is -2.23. The Bertz CT molecular complexity index is 1150. The summed E-state index contributed by atoms with van der Waals surface area (Å²) < 4.78 is 0. The zero-order chi connectivity index (χ0) is 20.8. The summed E-state index contributed by atoms with van der Waals surface area (Å²) in [5.41, 5.74) is 4.98. The summed E-state index contributed by atoms with van der Waals surface area (Å²) in [6.45, 7) is 3.97. The molecular formula is C25H21N3S2. The van der Waals surface area contributed by atoms with E-state index in [4.69, 9.17) is 0 Å². The molecule has 2 aromatic carbocycles. The first kappa shape index (κ1) is 20.1. The molecule has 30 heavy (non-hydrogen) atoms.